The lowest BCUT2D eigenvalue weighted by molar-refractivity contribution is -0.203. The molecule has 0 aromatic rings. The molecule has 0 aliphatic heterocycles. The molecule has 4 rings (SSSR count). The van der Waals surface area contributed by atoms with Gasteiger partial charge in [0.05, 0.1) is 12.2 Å². The van der Waals surface area contributed by atoms with Crippen LogP contribution in [0.4, 0.5) is 0 Å². The molecule has 0 aromatic carbocycles. The zero-order valence-electron chi connectivity index (χ0n) is 18.8. The van der Waals surface area contributed by atoms with Crippen LogP contribution < -0.4 is 0 Å². The van der Waals surface area contributed by atoms with Crippen molar-refractivity contribution in [3.63, 3.8) is 0 Å². The molecule has 166 valence electrons. The molecule has 4 aliphatic carbocycles. The fourth-order valence-corrected chi connectivity index (χ4v) is 9.35. The van der Waals surface area contributed by atoms with Crippen molar-refractivity contribution in [1.82, 2.24) is 0 Å². The lowest BCUT2D eigenvalue weighted by atomic mass is 9.41. The molecule has 0 spiro atoms. The maximum absolute atomic E-state index is 11.7. The Bertz CT molecular complexity index is 634. The smallest absolute Gasteiger partial charge is 0.303 e. The van der Waals surface area contributed by atoms with Gasteiger partial charge in [-0.2, -0.15) is 0 Å². The molecule has 0 radical (unpaired) electrons. The molecular formula is C25H42O4. The summed E-state index contributed by atoms with van der Waals surface area (Å²) in [4.78, 5) is 11.4. The predicted molar refractivity (Wildman–Crippen MR) is 113 cm³/mol. The van der Waals surface area contributed by atoms with Gasteiger partial charge < -0.3 is 15.3 Å². The van der Waals surface area contributed by atoms with Crippen molar-refractivity contribution in [3.8, 4) is 0 Å². The molecule has 0 amide bonds. The lowest BCUT2D eigenvalue weighted by Gasteiger charge is -2.64. The van der Waals surface area contributed by atoms with Crippen molar-refractivity contribution in [2.45, 2.75) is 97.7 Å². The molecule has 3 N–H and O–H groups in total. The van der Waals surface area contributed by atoms with Crippen LogP contribution >= 0.6 is 0 Å². The van der Waals surface area contributed by atoms with E-state index in [2.05, 4.69) is 27.7 Å². The minimum Gasteiger partial charge on any atom is -0.481 e. The van der Waals surface area contributed by atoms with Crippen LogP contribution in [-0.2, 0) is 4.79 Å². The number of hydrogen-bond acceptors (Lipinski definition) is 3. The molecule has 4 fully saturated rings. The first-order chi connectivity index (χ1) is 13.6. The van der Waals surface area contributed by atoms with E-state index in [-0.39, 0.29) is 41.3 Å². The minimum atomic E-state index is -0.682. The van der Waals surface area contributed by atoms with Gasteiger partial charge >= 0.3 is 5.97 Å². The maximum atomic E-state index is 11.7. The Morgan fingerprint density at radius 1 is 1.00 bits per heavy atom. The molecule has 4 nitrogen and oxygen atoms in total. The highest BCUT2D eigenvalue weighted by Gasteiger charge is 2.64. The monoisotopic (exact) mass is 406 g/mol. The van der Waals surface area contributed by atoms with Gasteiger partial charge in [0, 0.05) is 6.42 Å². The summed E-state index contributed by atoms with van der Waals surface area (Å²) in [5, 5.41) is 31.4. The van der Waals surface area contributed by atoms with Crippen LogP contribution in [0.3, 0.4) is 0 Å². The van der Waals surface area contributed by atoms with Gasteiger partial charge in [0.1, 0.15) is 0 Å². The largest absolute Gasteiger partial charge is 0.481 e. The summed E-state index contributed by atoms with van der Waals surface area (Å²) in [7, 11) is 0. The molecule has 0 aromatic heterocycles. The summed E-state index contributed by atoms with van der Waals surface area (Å²) in [5.41, 5.74) is 0.391. The van der Waals surface area contributed by atoms with Crippen molar-refractivity contribution < 1.29 is 20.1 Å². The molecule has 4 aliphatic rings. The number of aliphatic carboxylic acids is 1. The number of rotatable bonds is 4. The highest BCUT2D eigenvalue weighted by atomic mass is 16.4. The van der Waals surface area contributed by atoms with Gasteiger partial charge in [-0.25, -0.2) is 0 Å². The van der Waals surface area contributed by atoms with Gasteiger partial charge in [-0.3, -0.25) is 4.79 Å². The minimum absolute atomic E-state index is 0.159. The zero-order chi connectivity index (χ0) is 21.1. The summed E-state index contributed by atoms with van der Waals surface area (Å²) in [5.74, 6) is 2.09. The van der Waals surface area contributed by atoms with Crippen molar-refractivity contribution in [2.24, 2.45) is 52.3 Å². The van der Waals surface area contributed by atoms with Crippen molar-refractivity contribution >= 4 is 5.97 Å². The Labute approximate surface area is 176 Å². The Hall–Kier alpha value is -0.610. The molecule has 6 unspecified atom stereocenters. The summed E-state index contributed by atoms with van der Waals surface area (Å²) in [6.45, 7) is 9.23. The van der Waals surface area contributed by atoms with Crippen LogP contribution in [0.15, 0.2) is 0 Å². The third-order valence-corrected chi connectivity index (χ3v) is 10.6. The molecule has 4 heteroatoms. The fraction of sp³-hybridized carbons (Fsp3) is 0.960. The van der Waals surface area contributed by atoms with E-state index in [0.29, 0.717) is 29.6 Å². The van der Waals surface area contributed by atoms with Crippen LogP contribution in [0.5, 0.6) is 0 Å². The Morgan fingerprint density at radius 3 is 2.31 bits per heavy atom. The van der Waals surface area contributed by atoms with Gasteiger partial charge in [0.15, 0.2) is 0 Å². The van der Waals surface area contributed by atoms with Gasteiger partial charge in [-0.15, -0.1) is 0 Å². The number of carbonyl (C=O) groups is 1. The average Bonchev–Trinajstić information content (AvgIpc) is 3.00. The Balaban J connectivity index is 1.66. The highest BCUT2D eigenvalue weighted by Crippen LogP contribution is 2.69. The third kappa shape index (κ3) is 3.19. The second-order valence-electron chi connectivity index (χ2n) is 11.7. The maximum Gasteiger partial charge on any atom is 0.303 e. The second-order valence-corrected chi connectivity index (χ2v) is 11.7. The molecule has 0 heterocycles. The van der Waals surface area contributed by atoms with Gasteiger partial charge in [0.25, 0.3) is 0 Å². The van der Waals surface area contributed by atoms with Crippen LogP contribution in [0.25, 0.3) is 0 Å². The van der Waals surface area contributed by atoms with E-state index < -0.39 is 5.97 Å². The SMILES string of the molecule is CC[C@@H]1C2C[C@H](O)CCC2(C)C2CCC3(C)C(CC[C@@H]3[C@H](C)CC(=O)O)C2[C@@H]1O. The van der Waals surface area contributed by atoms with Crippen LogP contribution in [-0.4, -0.2) is 33.5 Å². The van der Waals surface area contributed by atoms with E-state index in [1.165, 1.54) is 6.42 Å². The molecule has 4 saturated carbocycles. The lowest BCUT2D eigenvalue weighted by Crippen LogP contribution is -2.62. The van der Waals surface area contributed by atoms with Crippen LogP contribution in [0.2, 0.25) is 0 Å². The number of hydrogen-bond donors (Lipinski definition) is 3. The van der Waals surface area contributed by atoms with Crippen molar-refractivity contribution in [3.05, 3.63) is 0 Å². The average molecular weight is 407 g/mol. The molecule has 0 saturated heterocycles. The fourth-order valence-electron chi connectivity index (χ4n) is 9.35. The van der Waals surface area contributed by atoms with E-state index in [4.69, 9.17) is 0 Å². The summed E-state index contributed by atoms with van der Waals surface area (Å²) in [6.07, 6.45) is 8.21. The molecule has 11 atom stereocenters. The van der Waals surface area contributed by atoms with E-state index in [0.717, 1.165) is 44.9 Å². The van der Waals surface area contributed by atoms with Crippen molar-refractivity contribution in [1.29, 1.82) is 0 Å². The van der Waals surface area contributed by atoms with E-state index in [1.54, 1.807) is 0 Å². The predicted octanol–water partition coefficient (Wildman–Crippen LogP) is 4.72. The number of fused-ring (bicyclic) bond motifs is 5. The molecular weight excluding hydrogens is 364 g/mol. The number of carboxylic acids is 1. The topological polar surface area (TPSA) is 77.8 Å². The first kappa shape index (κ1) is 21.6. The van der Waals surface area contributed by atoms with Gasteiger partial charge in [0.2, 0.25) is 0 Å². The second kappa shape index (κ2) is 7.51. The van der Waals surface area contributed by atoms with Crippen LogP contribution in [0.1, 0.15) is 85.5 Å². The van der Waals surface area contributed by atoms with Gasteiger partial charge in [-0.1, -0.05) is 34.1 Å². The number of aliphatic hydroxyl groups is 2. The summed E-state index contributed by atoms with van der Waals surface area (Å²) in [6, 6.07) is 0. The zero-order valence-corrected chi connectivity index (χ0v) is 18.8. The first-order valence-corrected chi connectivity index (χ1v) is 12.2. The van der Waals surface area contributed by atoms with E-state index in [1.807, 2.05) is 0 Å². The standard InChI is InChI=1S/C25H42O4/c1-5-16-20-13-15(26)8-10-25(20,4)19-9-11-24(3)17(14(2)12-21(27)28)6-7-18(24)22(19)23(16)29/h14-20,22-23,26,29H,5-13H2,1-4H3,(H,27,28)/t14-,15-,16-,17-,18?,19?,20?,22?,23-,24?,25?/m1/s1. The molecule has 29 heavy (non-hydrogen) atoms. The summed E-state index contributed by atoms with van der Waals surface area (Å²) < 4.78 is 0. The first-order valence-electron chi connectivity index (χ1n) is 12.2. The summed E-state index contributed by atoms with van der Waals surface area (Å²) >= 11 is 0. The Kier molecular flexibility index (Phi) is 5.60. The van der Waals surface area contributed by atoms with E-state index >= 15 is 0 Å². The third-order valence-electron chi connectivity index (χ3n) is 10.6. The molecule has 0 bridgehead atoms. The quantitative estimate of drug-likeness (QED) is 0.631. The van der Waals surface area contributed by atoms with Gasteiger partial charge in [-0.05, 0) is 97.2 Å². The van der Waals surface area contributed by atoms with Crippen LogP contribution in [0, 0.1) is 52.3 Å². The van der Waals surface area contributed by atoms with E-state index in [9.17, 15) is 20.1 Å². The number of aliphatic hydroxyl groups excluding tert-OH is 2. The highest BCUT2D eigenvalue weighted by molar-refractivity contribution is 5.67. The number of carboxylic acid groups (broad SMARTS) is 1. The Morgan fingerprint density at radius 2 is 1.66 bits per heavy atom. The normalized spacial score (nSPS) is 52.9. The van der Waals surface area contributed by atoms with Crippen molar-refractivity contribution in [2.75, 3.05) is 0 Å².